The Labute approximate surface area is 104 Å². The van der Waals surface area contributed by atoms with Crippen molar-refractivity contribution in [1.29, 1.82) is 0 Å². The molecule has 0 aromatic carbocycles. The number of hydrogen-bond acceptors (Lipinski definition) is 3. The van der Waals surface area contributed by atoms with Crippen LogP contribution in [-0.4, -0.2) is 17.0 Å². The molecule has 0 aliphatic carbocycles. The number of rotatable bonds is 3. The fraction of sp³-hybridized carbons (Fsp3) is 0.400. The zero-order valence-electron chi connectivity index (χ0n) is 9.17. The standard InChI is InChI=1S/C10H12Cl2N2O2/c1-5(2)16-10-8(12)4-7(11)9(14-10)13-6(3)15/h4-5H,1-3H3,(H,13,14,15). The van der Waals surface area contributed by atoms with Crippen molar-refractivity contribution in [1.82, 2.24) is 4.98 Å². The van der Waals surface area contributed by atoms with Crippen LogP contribution in [0.2, 0.25) is 10.0 Å². The number of carbonyl (C=O) groups is 1. The average molecular weight is 263 g/mol. The number of pyridine rings is 1. The zero-order valence-corrected chi connectivity index (χ0v) is 10.7. The van der Waals surface area contributed by atoms with Crippen LogP contribution < -0.4 is 10.1 Å². The van der Waals surface area contributed by atoms with Gasteiger partial charge in [-0.2, -0.15) is 4.98 Å². The second-order valence-corrected chi connectivity index (χ2v) is 4.27. The van der Waals surface area contributed by atoms with E-state index in [-0.39, 0.29) is 28.7 Å². The third kappa shape index (κ3) is 3.54. The summed E-state index contributed by atoms with van der Waals surface area (Å²) in [4.78, 5) is 14.9. The van der Waals surface area contributed by atoms with Crippen molar-refractivity contribution in [3.05, 3.63) is 16.1 Å². The Bertz CT molecular complexity index is 408. The molecule has 0 unspecified atom stereocenters. The van der Waals surface area contributed by atoms with Gasteiger partial charge in [-0.05, 0) is 19.9 Å². The van der Waals surface area contributed by atoms with Gasteiger partial charge >= 0.3 is 0 Å². The third-order valence-electron chi connectivity index (χ3n) is 1.54. The molecule has 1 amide bonds. The first-order valence-electron chi connectivity index (χ1n) is 4.70. The largest absolute Gasteiger partial charge is 0.474 e. The number of hydrogen-bond donors (Lipinski definition) is 1. The van der Waals surface area contributed by atoms with E-state index >= 15 is 0 Å². The Kier molecular flexibility index (Phi) is 4.38. The molecule has 0 fully saturated rings. The first kappa shape index (κ1) is 13.1. The first-order valence-corrected chi connectivity index (χ1v) is 5.46. The molecule has 4 nitrogen and oxygen atoms in total. The lowest BCUT2D eigenvalue weighted by Crippen LogP contribution is -2.11. The highest BCUT2D eigenvalue weighted by molar-refractivity contribution is 6.37. The Balaban J connectivity index is 3.05. The summed E-state index contributed by atoms with van der Waals surface area (Å²) in [5.74, 6) is 0.242. The van der Waals surface area contributed by atoms with Crippen LogP contribution in [-0.2, 0) is 4.79 Å². The molecule has 0 saturated heterocycles. The molecule has 6 heteroatoms. The van der Waals surface area contributed by atoms with Crippen LogP contribution in [0.4, 0.5) is 5.82 Å². The SMILES string of the molecule is CC(=O)Nc1nc(OC(C)C)c(Cl)cc1Cl. The first-order chi connectivity index (χ1) is 7.40. The predicted molar refractivity (Wildman–Crippen MR) is 64.3 cm³/mol. The maximum absolute atomic E-state index is 10.9. The molecular formula is C10H12Cl2N2O2. The molecule has 16 heavy (non-hydrogen) atoms. The highest BCUT2D eigenvalue weighted by Gasteiger charge is 2.12. The van der Waals surface area contributed by atoms with Crippen molar-refractivity contribution >= 4 is 34.9 Å². The van der Waals surface area contributed by atoms with Crippen molar-refractivity contribution in [2.24, 2.45) is 0 Å². The molecule has 1 rings (SSSR count). The number of aromatic nitrogens is 1. The van der Waals surface area contributed by atoms with Gasteiger partial charge in [0.05, 0.1) is 11.1 Å². The van der Waals surface area contributed by atoms with Gasteiger partial charge in [-0.3, -0.25) is 4.79 Å². The van der Waals surface area contributed by atoms with Crippen LogP contribution >= 0.6 is 23.2 Å². The molecule has 1 heterocycles. The Morgan fingerprint density at radius 2 is 2.06 bits per heavy atom. The van der Waals surface area contributed by atoms with Gasteiger partial charge in [0.15, 0.2) is 5.82 Å². The topological polar surface area (TPSA) is 51.2 Å². The number of carbonyl (C=O) groups excluding carboxylic acids is 1. The van der Waals surface area contributed by atoms with E-state index in [1.807, 2.05) is 13.8 Å². The molecule has 0 atom stereocenters. The van der Waals surface area contributed by atoms with E-state index in [2.05, 4.69) is 10.3 Å². The summed E-state index contributed by atoms with van der Waals surface area (Å²) in [6.07, 6.45) is -0.0589. The van der Waals surface area contributed by atoms with E-state index in [0.29, 0.717) is 5.02 Å². The van der Waals surface area contributed by atoms with E-state index in [1.165, 1.54) is 13.0 Å². The van der Waals surface area contributed by atoms with Gasteiger partial charge in [0.1, 0.15) is 5.02 Å². The van der Waals surface area contributed by atoms with Gasteiger partial charge in [0.2, 0.25) is 11.8 Å². The van der Waals surface area contributed by atoms with Crippen molar-refractivity contribution in [2.45, 2.75) is 26.9 Å². The van der Waals surface area contributed by atoms with Gasteiger partial charge in [0.25, 0.3) is 0 Å². The molecule has 0 spiro atoms. The molecule has 0 bridgehead atoms. The van der Waals surface area contributed by atoms with Crippen LogP contribution in [0.5, 0.6) is 5.88 Å². The van der Waals surface area contributed by atoms with E-state index in [4.69, 9.17) is 27.9 Å². The summed E-state index contributed by atoms with van der Waals surface area (Å²) in [5.41, 5.74) is 0. The smallest absolute Gasteiger partial charge is 0.234 e. The zero-order chi connectivity index (χ0) is 12.3. The lowest BCUT2D eigenvalue weighted by molar-refractivity contribution is -0.114. The highest BCUT2D eigenvalue weighted by Crippen LogP contribution is 2.31. The van der Waals surface area contributed by atoms with Crippen LogP contribution in [0.15, 0.2) is 6.07 Å². The summed E-state index contributed by atoms with van der Waals surface area (Å²) >= 11 is 11.8. The van der Waals surface area contributed by atoms with E-state index in [0.717, 1.165) is 0 Å². The number of halogens is 2. The minimum absolute atomic E-state index is 0.0589. The van der Waals surface area contributed by atoms with Gasteiger partial charge in [0, 0.05) is 6.92 Å². The maximum Gasteiger partial charge on any atom is 0.234 e. The molecule has 1 N–H and O–H groups in total. The number of anilines is 1. The van der Waals surface area contributed by atoms with Crippen LogP contribution in [0.25, 0.3) is 0 Å². The summed E-state index contributed by atoms with van der Waals surface area (Å²) in [6.45, 7) is 5.07. The number of nitrogens with one attached hydrogen (secondary N) is 1. The number of ether oxygens (including phenoxy) is 1. The van der Waals surface area contributed by atoms with Crippen LogP contribution in [0.3, 0.4) is 0 Å². The normalized spacial score (nSPS) is 10.4. The van der Waals surface area contributed by atoms with Crippen molar-refractivity contribution in [2.75, 3.05) is 5.32 Å². The van der Waals surface area contributed by atoms with Gasteiger partial charge in [-0.1, -0.05) is 23.2 Å². The van der Waals surface area contributed by atoms with Crippen molar-refractivity contribution in [3.63, 3.8) is 0 Å². The second-order valence-electron chi connectivity index (χ2n) is 3.45. The maximum atomic E-state index is 10.9. The van der Waals surface area contributed by atoms with Gasteiger partial charge < -0.3 is 10.1 Å². The Morgan fingerprint density at radius 3 is 2.56 bits per heavy atom. The summed E-state index contributed by atoms with van der Waals surface area (Å²) < 4.78 is 5.37. The second kappa shape index (κ2) is 5.37. The number of nitrogens with zero attached hydrogens (tertiary/aromatic N) is 1. The highest BCUT2D eigenvalue weighted by atomic mass is 35.5. The van der Waals surface area contributed by atoms with Crippen molar-refractivity contribution < 1.29 is 9.53 Å². The van der Waals surface area contributed by atoms with E-state index in [9.17, 15) is 4.79 Å². The molecule has 0 aliphatic heterocycles. The minimum atomic E-state index is -0.257. The summed E-state index contributed by atoms with van der Waals surface area (Å²) in [5, 5.41) is 3.08. The fourth-order valence-electron chi connectivity index (χ4n) is 1.01. The predicted octanol–water partition coefficient (Wildman–Crippen LogP) is 3.13. The molecule has 1 aromatic heterocycles. The monoisotopic (exact) mass is 262 g/mol. The molecule has 0 radical (unpaired) electrons. The summed E-state index contributed by atoms with van der Waals surface area (Å²) in [6, 6.07) is 1.49. The molecule has 0 aliphatic rings. The van der Waals surface area contributed by atoms with E-state index in [1.54, 1.807) is 0 Å². The lowest BCUT2D eigenvalue weighted by atomic mass is 10.4. The van der Waals surface area contributed by atoms with Gasteiger partial charge in [-0.15, -0.1) is 0 Å². The van der Waals surface area contributed by atoms with Crippen LogP contribution in [0, 0.1) is 0 Å². The summed E-state index contributed by atoms with van der Waals surface area (Å²) in [7, 11) is 0. The van der Waals surface area contributed by atoms with Crippen LogP contribution in [0.1, 0.15) is 20.8 Å². The minimum Gasteiger partial charge on any atom is -0.474 e. The Hall–Kier alpha value is -1.00. The molecular weight excluding hydrogens is 251 g/mol. The van der Waals surface area contributed by atoms with E-state index < -0.39 is 0 Å². The fourth-order valence-corrected chi connectivity index (χ4v) is 1.46. The van der Waals surface area contributed by atoms with Gasteiger partial charge in [-0.25, -0.2) is 0 Å². The van der Waals surface area contributed by atoms with Crippen molar-refractivity contribution in [3.8, 4) is 5.88 Å². The molecule has 88 valence electrons. The molecule has 0 saturated carbocycles. The Morgan fingerprint density at radius 1 is 1.44 bits per heavy atom. The lowest BCUT2D eigenvalue weighted by Gasteiger charge is -2.12. The average Bonchev–Trinajstić information content (AvgIpc) is 2.11. The number of amides is 1. The third-order valence-corrected chi connectivity index (χ3v) is 2.10. The quantitative estimate of drug-likeness (QED) is 0.911. The molecule has 1 aromatic rings.